The molecule has 1 aromatic rings. The first kappa shape index (κ1) is 11.0. The van der Waals surface area contributed by atoms with Crippen LogP contribution in [0.25, 0.3) is 0 Å². The van der Waals surface area contributed by atoms with Crippen LogP contribution in [0.2, 0.25) is 0 Å². The highest BCUT2D eigenvalue weighted by molar-refractivity contribution is 5.85. The molecule has 1 fully saturated rings. The Morgan fingerprint density at radius 2 is 2.19 bits per heavy atom. The SMILES string of the molecule is COC(=O)C1(c2nccc(C(C)C)n2)CC1. The van der Waals surface area contributed by atoms with Crippen molar-refractivity contribution in [2.45, 2.75) is 38.0 Å². The van der Waals surface area contributed by atoms with E-state index in [0.717, 1.165) is 18.5 Å². The molecule has 2 rings (SSSR count). The van der Waals surface area contributed by atoms with Gasteiger partial charge in [0.2, 0.25) is 0 Å². The van der Waals surface area contributed by atoms with Gasteiger partial charge in [-0.1, -0.05) is 13.8 Å². The Balaban J connectivity index is 2.34. The lowest BCUT2D eigenvalue weighted by Gasteiger charge is -2.12. The van der Waals surface area contributed by atoms with Crippen molar-refractivity contribution in [3.8, 4) is 0 Å². The number of aromatic nitrogens is 2. The fourth-order valence-electron chi connectivity index (χ4n) is 1.76. The molecule has 0 radical (unpaired) electrons. The summed E-state index contributed by atoms with van der Waals surface area (Å²) in [5, 5.41) is 0. The molecule has 0 spiro atoms. The number of rotatable bonds is 3. The Morgan fingerprint density at radius 3 is 2.69 bits per heavy atom. The summed E-state index contributed by atoms with van der Waals surface area (Å²) in [6, 6.07) is 1.89. The Kier molecular flexibility index (Phi) is 2.66. The maximum atomic E-state index is 11.7. The fraction of sp³-hybridized carbons (Fsp3) is 0.583. The highest BCUT2D eigenvalue weighted by atomic mass is 16.5. The maximum absolute atomic E-state index is 11.7. The molecule has 86 valence electrons. The van der Waals surface area contributed by atoms with E-state index in [1.54, 1.807) is 6.20 Å². The predicted octanol–water partition coefficient (Wildman–Crippen LogP) is 1.80. The molecule has 0 aromatic carbocycles. The van der Waals surface area contributed by atoms with Crippen molar-refractivity contribution in [3.05, 3.63) is 23.8 Å². The summed E-state index contributed by atoms with van der Waals surface area (Å²) in [7, 11) is 1.41. The van der Waals surface area contributed by atoms with Crippen LogP contribution < -0.4 is 0 Å². The van der Waals surface area contributed by atoms with Crippen molar-refractivity contribution < 1.29 is 9.53 Å². The van der Waals surface area contributed by atoms with Crippen molar-refractivity contribution in [1.82, 2.24) is 9.97 Å². The van der Waals surface area contributed by atoms with Gasteiger partial charge in [-0.15, -0.1) is 0 Å². The van der Waals surface area contributed by atoms with Crippen molar-refractivity contribution in [1.29, 1.82) is 0 Å². The zero-order valence-corrected chi connectivity index (χ0v) is 9.86. The van der Waals surface area contributed by atoms with Gasteiger partial charge in [0.25, 0.3) is 0 Å². The van der Waals surface area contributed by atoms with Gasteiger partial charge < -0.3 is 4.74 Å². The summed E-state index contributed by atoms with van der Waals surface area (Å²) in [5.41, 5.74) is 0.416. The van der Waals surface area contributed by atoms with Crippen molar-refractivity contribution in [3.63, 3.8) is 0 Å². The number of ether oxygens (including phenoxy) is 1. The standard InChI is InChI=1S/C12H16N2O2/c1-8(2)9-4-7-13-10(14-9)12(5-6-12)11(15)16-3/h4,7-8H,5-6H2,1-3H3. The summed E-state index contributed by atoms with van der Waals surface area (Å²) in [5.74, 6) is 0.745. The van der Waals surface area contributed by atoms with Crippen LogP contribution in [0, 0.1) is 0 Å². The first-order valence-electron chi connectivity index (χ1n) is 5.52. The Morgan fingerprint density at radius 1 is 1.50 bits per heavy atom. The van der Waals surface area contributed by atoms with Gasteiger partial charge in [0.15, 0.2) is 0 Å². The summed E-state index contributed by atoms with van der Waals surface area (Å²) in [6.45, 7) is 4.15. The van der Waals surface area contributed by atoms with E-state index < -0.39 is 5.41 Å². The van der Waals surface area contributed by atoms with E-state index in [-0.39, 0.29) is 5.97 Å². The monoisotopic (exact) mass is 220 g/mol. The maximum Gasteiger partial charge on any atom is 0.319 e. The molecule has 1 heterocycles. The second kappa shape index (κ2) is 3.85. The highest BCUT2D eigenvalue weighted by Gasteiger charge is 2.55. The van der Waals surface area contributed by atoms with Crippen LogP contribution in [0.5, 0.6) is 0 Å². The minimum absolute atomic E-state index is 0.214. The van der Waals surface area contributed by atoms with Gasteiger partial charge in [0.1, 0.15) is 11.2 Å². The van der Waals surface area contributed by atoms with Gasteiger partial charge in [0, 0.05) is 11.9 Å². The topological polar surface area (TPSA) is 52.1 Å². The number of hydrogen-bond donors (Lipinski definition) is 0. The van der Waals surface area contributed by atoms with E-state index in [2.05, 4.69) is 23.8 Å². The molecule has 0 bridgehead atoms. The average Bonchev–Trinajstić information content (AvgIpc) is 3.09. The van der Waals surface area contributed by atoms with E-state index in [1.807, 2.05) is 6.07 Å². The molecule has 1 aliphatic rings. The minimum Gasteiger partial charge on any atom is -0.468 e. The van der Waals surface area contributed by atoms with Gasteiger partial charge in [-0.25, -0.2) is 9.97 Å². The third-order valence-corrected chi connectivity index (χ3v) is 3.02. The molecular weight excluding hydrogens is 204 g/mol. The molecule has 0 unspecified atom stereocenters. The largest absolute Gasteiger partial charge is 0.468 e. The van der Waals surface area contributed by atoms with Crippen LogP contribution in [0.15, 0.2) is 12.3 Å². The van der Waals surface area contributed by atoms with Crippen LogP contribution in [-0.2, 0) is 14.9 Å². The normalized spacial score (nSPS) is 17.2. The molecule has 4 nitrogen and oxygen atoms in total. The molecule has 16 heavy (non-hydrogen) atoms. The first-order valence-corrected chi connectivity index (χ1v) is 5.52. The van der Waals surface area contributed by atoms with Gasteiger partial charge in [0.05, 0.1) is 7.11 Å². The average molecular weight is 220 g/mol. The van der Waals surface area contributed by atoms with E-state index >= 15 is 0 Å². The summed E-state index contributed by atoms with van der Waals surface area (Å²) in [6.07, 6.45) is 3.31. The van der Waals surface area contributed by atoms with Gasteiger partial charge >= 0.3 is 5.97 Å². The zero-order valence-electron chi connectivity index (χ0n) is 9.86. The Bertz CT molecular complexity index is 411. The second-order valence-electron chi connectivity index (χ2n) is 4.53. The van der Waals surface area contributed by atoms with Gasteiger partial charge in [-0.3, -0.25) is 4.79 Å². The quantitative estimate of drug-likeness (QED) is 0.729. The molecule has 0 N–H and O–H groups in total. The molecule has 0 saturated heterocycles. The molecule has 1 aromatic heterocycles. The van der Waals surface area contributed by atoms with Crippen molar-refractivity contribution >= 4 is 5.97 Å². The van der Waals surface area contributed by atoms with Crippen LogP contribution in [-0.4, -0.2) is 23.0 Å². The summed E-state index contributed by atoms with van der Waals surface area (Å²) < 4.78 is 4.81. The number of hydrogen-bond acceptors (Lipinski definition) is 4. The van der Waals surface area contributed by atoms with Crippen LogP contribution in [0.3, 0.4) is 0 Å². The third kappa shape index (κ3) is 1.68. The second-order valence-corrected chi connectivity index (χ2v) is 4.53. The lowest BCUT2D eigenvalue weighted by atomic mass is 10.1. The molecule has 0 amide bonds. The van der Waals surface area contributed by atoms with E-state index in [1.165, 1.54) is 7.11 Å². The number of methoxy groups -OCH3 is 1. The van der Waals surface area contributed by atoms with E-state index in [4.69, 9.17) is 4.74 Å². The van der Waals surface area contributed by atoms with Crippen molar-refractivity contribution in [2.24, 2.45) is 0 Å². The third-order valence-electron chi connectivity index (χ3n) is 3.02. The number of carbonyl (C=O) groups excluding carboxylic acids is 1. The molecule has 4 heteroatoms. The predicted molar refractivity (Wildman–Crippen MR) is 59.0 cm³/mol. The lowest BCUT2D eigenvalue weighted by molar-refractivity contribution is -0.143. The molecule has 0 aliphatic heterocycles. The van der Waals surface area contributed by atoms with Crippen molar-refractivity contribution in [2.75, 3.05) is 7.11 Å². The first-order chi connectivity index (χ1) is 7.60. The fourth-order valence-corrected chi connectivity index (χ4v) is 1.76. The highest BCUT2D eigenvalue weighted by Crippen LogP contribution is 2.47. The molecule has 1 saturated carbocycles. The van der Waals surface area contributed by atoms with Crippen LogP contribution in [0.4, 0.5) is 0 Å². The summed E-state index contributed by atoms with van der Waals surface area (Å²) >= 11 is 0. The van der Waals surface area contributed by atoms with E-state index in [9.17, 15) is 4.79 Å². The molecular formula is C12H16N2O2. The van der Waals surface area contributed by atoms with E-state index in [0.29, 0.717) is 11.7 Å². The van der Waals surface area contributed by atoms with Crippen LogP contribution >= 0.6 is 0 Å². The smallest absolute Gasteiger partial charge is 0.319 e. The lowest BCUT2D eigenvalue weighted by Crippen LogP contribution is -2.25. The number of esters is 1. The number of nitrogens with zero attached hydrogens (tertiary/aromatic N) is 2. The minimum atomic E-state index is -0.556. The van der Waals surface area contributed by atoms with Crippen LogP contribution in [0.1, 0.15) is 44.1 Å². The number of carbonyl (C=O) groups is 1. The molecule has 0 atom stereocenters. The Labute approximate surface area is 95.1 Å². The van der Waals surface area contributed by atoms with Gasteiger partial charge in [-0.05, 0) is 24.8 Å². The summed E-state index contributed by atoms with van der Waals surface area (Å²) in [4.78, 5) is 20.4. The molecule has 1 aliphatic carbocycles. The van der Waals surface area contributed by atoms with Gasteiger partial charge in [-0.2, -0.15) is 0 Å². The zero-order chi connectivity index (χ0) is 11.8. The Hall–Kier alpha value is -1.45.